The molecule has 0 bridgehead atoms. The maximum absolute atomic E-state index is 4.82. The van der Waals surface area contributed by atoms with E-state index in [-0.39, 0.29) is 0 Å². The van der Waals surface area contributed by atoms with Crippen LogP contribution in [-0.4, -0.2) is 45.9 Å². The van der Waals surface area contributed by atoms with Crippen LogP contribution in [0.2, 0.25) is 0 Å². The van der Waals surface area contributed by atoms with Crippen LogP contribution in [-0.2, 0) is 6.54 Å². The third-order valence-corrected chi connectivity index (χ3v) is 5.36. The largest absolute Gasteiger partial charge is 0.369 e. The van der Waals surface area contributed by atoms with E-state index in [0.717, 1.165) is 55.3 Å². The van der Waals surface area contributed by atoms with Crippen molar-refractivity contribution in [3.8, 4) is 11.4 Å². The summed E-state index contributed by atoms with van der Waals surface area (Å²) in [7, 11) is 0. The monoisotopic (exact) mass is 372 g/mol. The minimum absolute atomic E-state index is 0.718. The van der Waals surface area contributed by atoms with Gasteiger partial charge in [0.05, 0.1) is 12.7 Å². The Morgan fingerprint density at radius 2 is 1.71 bits per heavy atom. The Morgan fingerprint density at radius 3 is 2.46 bits per heavy atom. The Morgan fingerprint density at radius 1 is 0.964 bits per heavy atom. The number of nitrogens with one attached hydrogen (secondary N) is 2. The highest BCUT2D eigenvalue weighted by molar-refractivity contribution is 5.76. The maximum Gasteiger partial charge on any atom is 0.177 e. The molecule has 2 aromatic heterocycles. The Bertz CT molecular complexity index is 1070. The molecule has 4 aromatic rings. The fourth-order valence-corrected chi connectivity index (χ4v) is 3.72. The molecule has 0 unspecified atom stereocenters. The predicted octanol–water partition coefficient (Wildman–Crippen LogP) is 3.19. The molecule has 2 aromatic carbocycles. The first kappa shape index (κ1) is 17.0. The third-order valence-electron chi connectivity index (χ3n) is 5.36. The molecule has 0 spiro atoms. The quantitative estimate of drug-likeness (QED) is 0.578. The van der Waals surface area contributed by atoms with Crippen molar-refractivity contribution in [1.82, 2.24) is 25.1 Å². The van der Waals surface area contributed by atoms with Gasteiger partial charge in [0.2, 0.25) is 0 Å². The Balaban J connectivity index is 1.39. The van der Waals surface area contributed by atoms with E-state index in [9.17, 15) is 0 Å². The number of fused-ring (bicyclic) bond motifs is 1. The second-order valence-electron chi connectivity index (χ2n) is 7.39. The molecule has 1 fully saturated rings. The molecule has 5 rings (SSSR count). The van der Waals surface area contributed by atoms with Gasteiger partial charge in [0.15, 0.2) is 5.65 Å². The van der Waals surface area contributed by atoms with E-state index in [4.69, 9.17) is 4.98 Å². The van der Waals surface area contributed by atoms with Crippen molar-refractivity contribution in [2.24, 2.45) is 0 Å². The van der Waals surface area contributed by atoms with Crippen LogP contribution in [0.4, 0.5) is 5.69 Å². The van der Waals surface area contributed by atoms with Crippen molar-refractivity contribution < 1.29 is 0 Å². The van der Waals surface area contributed by atoms with Crippen LogP contribution < -0.4 is 10.2 Å². The van der Waals surface area contributed by atoms with Gasteiger partial charge >= 0.3 is 0 Å². The lowest BCUT2D eigenvalue weighted by atomic mass is 10.1. The first-order valence-corrected chi connectivity index (χ1v) is 9.79. The van der Waals surface area contributed by atoms with Gasteiger partial charge in [-0.2, -0.15) is 5.10 Å². The SMILES string of the molecule is Cc1ccc(Cn2ncc3[nH]c(-c4ccc(N5CCNCC5)cc4)nc32)cc1. The van der Waals surface area contributed by atoms with Gasteiger partial charge in [-0.1, -0.05) is 29.8 Å². The normalized spacial score (nSPS) is 14.7. The van der Waals surface area contributed by atoms with Gasteiger partial charge in [-0.3, -0.25) is 0 Å². The van der Waals surface area contributed by atoms with Gasteiger partial charge in [-0.05, 0) is 36.8 Å². The van der Waals surface area contributed by atoms with Crippen molar-refractivity contribution in [1.29, 1.82) is 0 Å². The lowest BCUT2D eigenvalue weighted by molar-refractivity contribution is 0.589. The topological polar surface area (TPSA) is 61.8 Å². The number of imidazole rings is 1. The lowest BCUT2D eigenvalue weighted by Gasteiger charge is -2.29. The van der Waals surface area contributed by atoms with Crippen molar-refractivity contribution in [3.63, 3.8) is 0 Å². The number of aromatic nitrogens is 4. The fraction of sp³-hybridized carbons (Fsp3) is 0.273. The van der Waals surface area contributed by atoms with E-state index in [2.05, 4.69) is 75.8 Å². The fourth-order valence-electron chi connectivity index (χ4n) is 3.72. The summed E-state index contributed by atoms with van der Waals surface area (Å²) < 4.78 is 1.95. The number of anilines is 1. The summed E-state index contributed by atoms with van der Waals surface area (Å²) in [6.07, 6.45) is 1.86. The highest BCUT2D eigenvalue weighted by atomic mass is 15.3. The van der Waals surface area contributed by atoms with Gasteiger partial charge in [-0.15, -0.1) is 0 Å². The smallest absolute Gasteiger partial charge is 0.177 e. The molecule has 1 aliphatic heterocycles. The van der Waals surface area contributed by atoms with Gasteiger partial charge in [0.25, 0.3) is 0 Å². The molecule has 6 nitrogen and oxygen atoms in total. The average Bonchev–Trinajstić information content (AvgIpc) is 3.32. The maximum atomic E-state index is 4.82. The molecular formula is C22H24N6. The summed E-state index contributed by atoms with van der Waals surface area (Å²) in [4.78, 5) is 10.6. The van der Waals surface area contributed by atoms with Crippen LogP contribution in [0.15, 0.2) is 54.7 Å². The average molecular weight is 372 g/mol. The molecule has 142 valence electrons. The van der Waals surface area contributed by atoms with E-state index in [1.165, 1.54) is 16.8 Å². The number of H-pyrrole nitrogens is 1. The number of rotatable bonds is 4. The molecule has 0 aliphatic carbocycles. The van der Waals surface area contributed by atoms with Gasteiger partial charge < -0.3 is 15.2 Å². The number of benzene rings is 2. The Kier molecular flexibility index (Phi) is 4.33. The van der Waals surface area contributed by atoms with Crippen molar-refractivity contribution in [2.75, 3.05) is 31.1 Å². The Labute approximate surface area is 164 Å². The highest BCUT2D eigenvalue weighted by Crippen LogP contribution is 2.24. The van der Waals surface area contributed by atoms with E-state index >= 15 is 0 Å². The molecule has 3 heterocycles. The van der Waals surface area contributed by atoms with Crippen LogP contribution >= 0.6 is 0 Å². The molecular weight excluding hydrogens is 348 g/mol. The van der Waals surface area contributed by atoms with E-state index in [1.807, 2.05) is 10.9 Å². The molecule has 2 N–H and O–H groups in total. The summed E-state index contributed by atoms with van der Waals surface area (Å²) in [6.45, 7) is 7.02. The van der Waals surface area contributed by atoms with Crippen LogP contribution in [0.3, 0.4) is 0 Å². The standard InChI is InChI=1S/C22H24N6/c1-16-2-4-17(5-3-16)15-28-22-20(14-24-28)25-21(26-22)18-6-8-19(9-7-18)27-12-10-23-11-13-27/h2-9,14,23H,10-13,15H2,1H3,(H,25,26). The first-order valence-electron chi connectivity index (χ1n) is 9.79. The summed E-state index contributed by atoms with van der Waals surface area (Å²) >= 11 is 0. The zero-order chi connectivity index (χ0) is 18.9. The number of hydrogen-bond donors (Lipinski definition) is 2. The Hall–Kier alpha value is -3.12. The van der Waals surface area contributed by atoms with E-state index in [0.29, 0.717) is 0 Å². The molecule has 0 atom stereocenters. The molecule has 0 amide bonds. The second kappa shape index (κ2) is 7.13. The van der Waals surface area contributed by atoms with Gasteiger partial charge in [0.1, 0.15) is 11.3 Å². The summed E-state index contributed by atoms with van der Waals surface area (Å²) in [6, 6.07) is 17.2. The van der Waals surface area contributed by atoms with E-state index < -0.39 is 0 Å². The summed E-state index contributed by atoms with van der Waals surface area (Å²) in [5.41, 5.74) is 6.71. The molecule has 0 saturated carbocycles. The van der Waals surface area contributed by atoms with Gasteiger partial charge in [0, 0.05) is 37.4 Å². The predicted molar refractivity (Wildman–Crippen MR) is 113 cm³/mol. The van der Waals surface area contributed by atoms with Crippen molar-refractivity contribution >= 4 is 16.9 Å². The van der Waals surface area contributed by atoms with Crippen LogP contribution in [0.25, 0.3) is 22.6 Å². The minimum Gasteiger partial charge on any atom is -0.369 e. The van der Waals surface area contributed by atoms with Crippen LogP contribution in [0.1, 0.15) is 11.1 Å². The molecule has 1 aliphatic rings. The number of nitrogens with zero attached hydrogens (tertiary/aromatic N) is 4. The molecule has 28 heavy (non-hydrogen) atoms. The van der Waals surface area contributed by atoms with Gasteiger partial charge in [-0.25, -0.2) is 9.67 Å². The lowest BCUT2D eigenvalue weighted by Crippen LogP contribution is -2.43. The number of hydrogen-bond acceptors (Lipinski definition) is 4. The molecule has 1 saturated heterocycles. The van der Waals surface area contributed by atoms with E-state index in [1.54, 1.807) is 0 Å². The number of piperazine rings is 1. The van der Waals surface area contributed by atoms with Crippen LogP contribution in [0.5, 0.6) is 0 Å². The number of aryl methyl sites for hydroxylation is 1. The zero-order valence-corrected chi connectivity index (χ0v) is 16.0. The second-order valence-corrected chi connectivity index (χ2v) is 7.39. The minimum atomic E-state index is 0.718. The summed E-state index contributed by atoms with van der Waals surface area (Å²) in [5, 5.41) is 7.89. The highest BCUT2D eigenvalue weighted by Gasteiger charge is 2.13. The first-order chi connectivity index (χ1) is 13.8. The number of aromatic amines is 1. The molecule has 0 radical (unpaired) electrons. The van der Waals surface area contributed by atoms with Crippen LogP contribution in [0, 0.1) is 6.92 Å². The van der Waals surface area contributed by atoms with Crippen molar-refractivity contribution in [2.45, 2.75) is 13.5 Å². The third kappa shape index (κ3) is 3.27. The molecule has 6 heteroatoms. The summed E-state index contributed by atoms with van der Waals surface area (Å²) in [5.74, 6) is 0.886. The zero-order valence-electron chi connectivity index (χ0n) is 16.0. The van der Waals surface area contributed by atoms with Crippen molar-refractivity contribution in [3.05, 3.63) is 65.9 Å².